The van der Waals surface area contributed by atoms with Crippen LogP contribution in [0.15, 0.2) is 0 Å². The van der Waals surface area contributed by atoms with Crippen molar-refractivity contribution in [3.8, 4) is 0 Å². The van der Waals surface area contributed by atoms with Crippen molar-refractivity contribution in [2.24, 2.45) is 0 Å². The fraction of sp³-hybridized carbons (Fsp3) is 0.800. The minimum atomic E-state index is -3.83. The number of ether oxygens (including phenoxy) is 1. The van der Waals surface area contributed by atoms with E-state index in [9.17, 15) is 8.42 Å². The quantitative estimate of drug-likeness (QED) is 0.242. The number of hydrogen-bond donors (Lipinski definition) is 2. The normalized spacial score (nSPS) is 10.3. The van der Waals surface area contributed by atoms with Crippen LogP contribution in [0.3, 0.4) is 0 Å². The Hall–Kier alpha value is 1.15. The summed E-state index contributed by atoms with van der Waals surface area (Å²) in [6, 6.07) is 0. The maximum atomic E-state index is 10.2. The third kappa shape index (κ3) is 15.9. The fourth-order valence-electron chi connectivity index (χ4n) is 0.546. The SMILES string of the molecule is O=S(=O)(O)CCCCOC(=S)S.[NaH]. The standard InChI is InChI=1S/C5H10O4S3.Na.H/c6-12(7,8)4-2-1-3-9-5(10)11;;/h1-4H2,(H,10,11)(H,6,7,8);;. The molecule has 0 unspecified atom stereocenters. The fourth-order valence-corrected chi connectivity index (χ4v) is 1.29. The molecule has 0 heterocycles. The molecular formula is C5H11NaO4S3. The van der Waals surface area contributed by atoms with Gasteiger partial charge in [-0.2, -0.15) is 8.42 Å². The van der Waals surface area contributed by atoms with Gasteiger partial charge in [0.15, 0.2) is 0 Å². The molecule has 0 saturated carbocycles. The van der Waals surface area contributed by atoms with Crippen LogP contribution in [0.5, 0.6) is 0 Å². The van der Waals surface area contributed by atoms with Crippen molar-refractivity contribution >= 4 is 68.9 Å². The van der Waals surface area contributed by atoms with Gasteiger partial charge in [-0.25, -0.2) is 0 Å². The van der Waals surface area contributed by atoms with E-state index >= 15 is 0 Å². The monoisotopic (exact) mass is 254 g/mol. The van der Waals surface area contributed by atoms with E-state index < -0.39 is 10.1 Å². The summed E-state index contributed by atoms with van der Waals surface area (Å²) in [4.78, 5) is 0. The van der Waals surface area contributed by atoms with Gasteiger partial charge in [0.05, 0.1) is 12.4 Å². The van der Waals surface area contributed by atoms with E-state index in [0.29, 0.717) is 19.4 Å². The Morgan fingerprint density at radius 1 is 1.46 bits per heavy atom. The minimum absolute atomic E-state index is 0. The molecule has 0 saturated heterocycles. The second-order valence-electron chi connectivity index (χ2n) is 2.11. The molecule has 0 atom stereocenters. The molecule has 4 nitrogen and oxygen atoms in total. The van der Waals surface area contributed by atoms with Crippen LogP contribution >= 0.6 is 24.8 Å². The van der Waals surface area contributed by atoms with E-state index in [1.165, 1.54) is 0 Å². The van der Waals surface area contributed by atoms with Crippen LogP contribution in [-0.4, -0.2) is 59.3 Å². The van der Waals surface area contributed by atoms with E-state index in [0.717, 1.165) is 0 Å². The Bertz CT molecular complexity index is 238. The molecule has 8 heteroatoms. The molecule has 13 heavy (non-hydrogen) atoms. The Labute approximate surface area is 111 Å². The van der Waals surface area contributed by atoms with E-state index in [4.69, 9.17) is 9.29 Å². The zero-order chi connectivity index (χ0) is 9.61. The van der Waals surface area contributed by atoms with Crippen LogP contribution in [0.1, 0.15) is 12.8 Å². The van der Waals surface area contributed by atoms with Crippen molar-refractivity contribution < 1.29 is 17.7 Å². The summed E-state index contributed by atoms with van der Waals surface area (Å²) in [6.07, 6.45) is 0.885. The van der Waals surface area contributed by atoms with Gasteiger partial charge in [0.1, 0.15) is 0 Å². The van der Waals surface area contributed by atoms with Crippen molar-refractivity contribution in [1.29, 1.82) is 0 Å². The summed E-state index contributed by atoms with van der Waals surface area (Å²) in [7, 11) is -3.83. The summed E-state index contributed by atoms with van der Waals surface area (Å²) in [5.41, 5.74) is 0. The topological polar surface area (TPSA) is 63.6 Å². The first-order chi connectivity index (χ1) is 5.42. The predicted molar refractivity (Wildman–Crippen MR) is 60.3 cm³/mol. The molecule has 0 aromatic rings. The molecule has 1 N–H and O–H groups in total. The summed E-state index contributed by atoms with van der Waals surface area (Å²) < 4.78 is 33.6. The number of rotatable bonds is 5. The van der Waals surface area contributed by atoms with E-state index in [1.54, 1.807) is 0 Å². The summed E-state index contributed by atoms with van der Waals surface area (Å²) >= 11 is 8.19. The predicted octanol–water partition coefficient (Wildman–Crippen LogP) is 0.237. The van der Waals surface area contributed by atoms with Crippen LogP contribution in [-0.2, 0) is 14.9 Å². The third-order valence-corrected chi connectivity index (χ3v) is 2.07. The van der Waals surface area contributed by atoms with Crippen LogP contribution < -0.4 is 0 Å². The molecule has 0 aliphatic carbocycles. The van der Waals surface area contributed by atoms with Crippen LogP contribution in [0.4, 0.5) is 0 Å². The van der Waals surface area contributed by atoms with Crippen molar-refractivity contribution in [3.05, 3.63) is 0 Å². The van der Waals surface area contributed by atoms with Crippen LogP contribution in [0.2, 0.25) is 0 Å². The van der Waals surface area contributed by atoms with Crippen molar-refractivity contribution in [3.63, 3.8) is 0 Å². The molecule has 0 aromatic heterocycles. The first kappa shape index (κ1) is 16.6. The Morgan fingerprint density at radius 3 is 2.38 bits per heavy atom. The molecule has 0 aliphatic rings. The van der Waals surface area contributed by atoms with Gasteiger partial charge in [0, 0.05) is 0 Å². The van der Waals surface area contributed by atoms with Gasteiger partial charge in [-0.05, 0) is 25.1 Å². The summed E-state index contributed by atoms with van der Waals surface area (Å²) in [5, 5.41) is 0. The zero-order valence-corrected chi connectivity index (χ0v) is 8.79. The second kappa shape index (κ2) is 8.46. The van der Waals surface area contributed by atoms with Gasteiger partial charge in [-0.3, -0.25) is 4.55 Å². The van der Waals surface area contributed by atoms with E-state index in [-0.39, 0.29) is 39.7 Å². The molecule has 74 valence electrons. The average Bonchev–Trinajstić information content (AvgIpc) is 1.83. The maximum absolute atomic E-state index is 10.2. The van der Waals surface area contributed by atoms with Crippen molar-refractivity contribution in [2.45, 2.75) is 12.8 Å². The molecule has 0 radical (unpaired) electrons. The Morgan fingerprint density at radius 2 is 2.00 bits per heavy atom. The van der Waals surface area contributed by atoms with E-state index in [1.807, 2.05) is 0 Å². The van der Waals surface area contributed by atoms with Gasteiger partial charge < -0.3 is 4.74 Å². The van der Waals surface area contributed by atoms with Gasteiger partial charge in [-0.1, -0.05) is 12.6 Å². The van der Waals surface area contributed by atoms with E-state index in [2.05, 4.69) is 24.8 Å². The summed E-state index contributed by atoms with van der Waals surface area (Å²) in [6.45, 7) is 0.331. The van der Waals surface area contributed by atoms with Crippen molar-refractivity contribution in [1.82, 2.24) is 0 Å². The van der Waals surface area contributed by atoms with Crippen LogP contribution in [0.25, 0.3) is 0 Å². The van der Waals surface area contributed by atoms with Gasteiger partial charge in [0.2, 0.25) is 4.38 Å². The van der Waals surface area contributed by atoms with Gasteiger partial charge in [-0.15, -0.1) is 0 Å². The Kier molecular flexibility index (Phi) is 10.8. The Balaban J connectivity index is 0. The van der Waals surface area contributed by atoms with Crippen LogP contribution in [0, 0.1) is 0 Å². The zero-order valence-electron chi connectivity index (χ0n) is 6.26. The average molecular weight is 254 g/mol. The van der Waals surface area contributed by atoms with Gasteiger partial charge in [0.25, 0.3) is 10.1 Å². The first-order valence-corrected chi connectivity index (χ1v) is 5.69. The third-order valence-electron chi connectivity index (χ3n) is 1.02. The first-order valence-electron chi connectivity index (χ1n) is 3.23. The number of unbranched alkanes of at least 4 members (excludes halogenated alkanes) is 1. The number of thiocarbonyl (C=S) groups is 1. The number of hydrogen-bond acceptors (Lipinski definition) is 4. The molecule has 0 rings (SSSR count). The molecule has 0 spiro atoms. The van der Waals surface area contributed by atoms with Crippen molar-refractivity contribution in [2.75, 3.05) is 12.4 Å². The molecule has 0 bridgehead atoms. The molecule has 0 aliphatic heterocycles. The van der Waals surface area contributed by atoms with Gasteiger partial charge >= 0.3 is 29.6 Å². The molecule has 0 aromatic carbocycles. The molecular weight excluding hydrogens is 243 g/mol. The molecule has 0 amide bonds. The number of thiol groups is 1. The second-order valence-corrected chi connectivity index (χ2v) is 4.76. The molecule has 0 fully saturated rings. The summed E-state index contributed by atoms with van der Waals surface area (Å²) in [5.74, 6) is -0.240.